The molecule has 1 fully saturated rings. The zero-order valence-corrected chi connectivity index (χ0v) is 15.9. The topological polar surface area (TPSA) is 81.7 Å². The number of carbonyl (C=O) groups excluding carboxylic acids is 1. The van der Waals surface area contributed by atoms with Crippen molar-refractivity contribution in [2.45, 2.75) is 38.8 Å². The lowest BCUT2D eigenvalue weighted by molar-refractivity contribution is -0.117. The van der Waals surface area contributed by atoms with Crippen molar-refractivity contribution in [1.29, 1.82) is 0 Å². The number of amides is 1. The van der Waals surface area contributed by atoms with Crippen molar-refractivity contribution in [1.82, 2.24) is 5.32 Å². The van der Waals surface area contributed by atoms with E-state index >= 15 is 0 Å². The Hall–Kier alpha value is -2.02. The summed E-state index contributed by atoms with van der Waals surface area (Å²) in [5.74, 6) is 1.00. The zero-order chi connectivity index (χ0) is 18.7. The van der Waals surface area contributed by atoms with E-state index in [-0.39, 0.29) is 23.5 Å². The molecule has 1 amide bonds. The minimum atomic E-state index is -3.06. The molecule has 25 heavy (non-hydrogen) atoms. The minimum Gasteiger partial charge on any atom is -0.493 e. The van der Waals surface area contributed by atoms with Crippen LogP contribution < -0.4 is 14.8 Å². The molecule has 1 heterocycles. The molecule has 1 aromatic carbocycles. The summed E-state index contributed by atoms with van der Waals surface area (Å²) in [6.07, 6.45) is 3.52. The molecule has 1 aromatic rings. The van der Waals surface area contributed by atoms with Crippen molar-refractivity contribution in [2.24, 2.45) is 0 Å². The third-order valence-electron chi connectivity index (χ3n) is 3.91. The smallest absolute Gasteiger partial charge is 0.244 e. The fourth-order valence-electron chi connectivity index (χ4n) is 2.76. The number of rotatable bonds is 6. The van der Waals surface area contributed by atoms with Crippen LogP contribution in [0.25, 0.3) is 6.08 Å². The van der Waals surface area contributed by atoms with E-state index in [0.717, 1.165) is 5.56 Å². The lowest BCUT2D eigenvalue weighted by atomic mass is 10.0. The first-order valence-electron chi connectivity index (χ1n) is 8.18. The van der Waals surface area contributed by atoms with Gasteiger partial charge in [0.1, 0.15) is 0 Å². The van der Waals surface area contributed by atoms with Crippen LogP contribution in [0.5, 0.6) is 11.5 Å². The molecule has 1 N–H and O–H groups in total. The van der Waals surface area contributed by atoms with Gasteiger partial charge in [0.2, 0.25) is 5.91 Å². The van der Waals surface area contributed by atoms with E-state index in [0.29, 0.717) is 17.9 Å². The maximum atomic E-state index is 12.1. The molecule has 0 aliphatic carbocycles. The van der Waals surface area contributed by atoms with Crippen LogP contribution in [-0.4, -0.2) is 44.6 Å². The Bertz CT molecular complexity index is 770. The number of nitrogens with one attached hydrogen (secondary N) is 1. The highest BCUT2D eigenvalue weighted by atomic mass is 32.2. The fraction of sp³-hybridized carbons (Fsp3) is 0.500. The lowest BCUT2D eigenvalue weighted by Crippen LogP contribution is -2.46. The van der Waals surface area contributed by atoms with Crippen molar-refractivity contribution >= 4 is 21.8 Å². The van der Waals surface area contributed by atoms with Gasteiger partial charge in [0.25, 0.3) is 0 Å². The molecule has 1 aliphatic heterocycles. The monoisotopic (exact) mass is 367 g/mol. The molecule has 1 saturated heterocycles. The average molecular weight is 367 g/mol. The summed E-state index contributed by atoms with van der Waals surface area (Å²) < 4.78 is 34.1. The summed E-state index contributed by atoms with van der Waals surface area (Å²) >= 11 is 0. The quantitative estimate of drug-likeness (QED) is 0.780. The molecule has 0 aromatic heterocycles. The molecule has 138 valence electrons. The molecule has 1 atom stereocenters. The number of hydrogen-bond donors (Lipinski definition) is 1. The molecule has 6 nitrogen and oxygen atoms in total. The SMILES string of the molecule is COc1cc(/C=C/C(=O)NC2(C)CCS(=O)(=O)C2)ccc1OC(C)C. The minimum absolute atomic E-state index is 0.0192. The standard InChI is InChI=1S/C18H25NO5S/c1-13(2)24-15-7-5-14(11-16(15)23-4)6-8-17(20)19-18(3)9-10-25(21,22)12-18/h5-8,11,13H,9-10,12H2,1-4H3,(H,19,20)/b8-6+. The van der Waals surface area contributed by atoms with Gasteiger partial charge in [-0.3, -0.25) is 4.79 Å². The number of methoxy groups -OCH3 is 1. The van der Waals surface area contributed by atoms with E-state index < -0.39 is 15.4 Å². The average Bonchev–Trinajstić information content (AvgIpc) is 2.78. The molecular weight excluding hydrogens is 342 g/mol. The first kappa shape index (κ1) is 19.3. The van der Waals surface area contributed by atoms with Crippen molar-refractivity contribution in [3.05, 3.63) is 29.8 Å². The Morgan fingerprint density at radius 3 is 2.60 bits per heavy atom. The molecule has 1 unspecified atom stereocenters. The second-order valence-corrected chi connectivity index (χ2v) is 8.99. The van der Waals surface area contributed by atoms with Crippen LogP contribution in [0.15, 0.2) is 24.3 Å². The largest absolute Gasteiger partial charge is 0.493 e. The fourth-order valence-corrected chi connectivity index (χ4v) is 4.85. The summed E-state index contributed by atoms with van der Waals surface area (Å²) in [5.41, 5.74) is 0.0831. The van der Waals surface area contributed by atoms with Gasteiger partial charge in [-0.1, -0.05) is 6.07 Å². The van der Waals surface area contributed by atoms with Crippen LogP contribution in [0.1, 0.15) is 32.8 Å². The molecule has 0 saturated carbocycles. The highest BCUT2D eigenvalue weighted by Crippen LogP contribution is 2.29. The summed E-state index contributed by atoms with van der Waals surface area (Å²) in [4.78, 5) is 12.1. The number of sulfone groups is 1. The highest BCUT2D eigenvalue weighted by Gasteiger charge is 2.39. The summed E-state index contributed by atoms with van der Waals surface area (Å²) in [7, 11) is -1.50. The predicted octanol–water partition coefficient (Wildman–Crippen LogP) is 2.19. The lowest BCUT2D eigenvalue weighted by Gasteiger charge is -2.22. The van der Waals surface area contributed by atoms with Gasteiger partial charge in [-0.25, -0.2) is 8.42 Å². The molecule has 0 spiro atoms. The summed E-state index contributed by atoms with van der Waals surface area (Å²) in [6, 6.07) is 5.40. The van der Waals surface area contributed by atoms with Crippen LogP contribution in [0.3, 0.4) is 0 Å². The van der Waals surface area contributed by atoms with Gasteiger partial charge < -0.3 is 14.8 Å². The van der Waals surface area contributed by atoms with E-state index in [4.69, 9.17) is 9.47 Å². The van der Waals surface area contributed by atoms with E-state index in [1.54, 1.807) is 32.2 Å². The molecule has 0 bridgehead atoms. The number of ether oxygens (including phenoxy) is 2. The second-order valence-electron chi connectivity index (χ2n) is 6.80. The Kier molecular flexibility index (Phi) is 5.77. The summed E-state index contributed by atoms with van der Waals surface area (Å²) in [5, 5.41) is 2.79. The van der Waals surface area contributed by atoms with Gasteiger partial charge in [0, 0.05) is 6.08 Å². The van der Waals surface area contributed by atoms with Gasteiger partial charge >= 0.3 is 0 Å². The Labute approximate surface area is 149 Å². The maximum Gasteiger partial charge on any atom is 0.244 e. The number of benzene rings is 1. The van der Waals surface area contributed by atoms with Gasteiger partial charge in [0.05, 0.1) is 30.3 Å². The van der Waals surface area contributed by atoms with E-state index in [1.165, 1.54) is 6.08 Å². The Morgan fingerprint density at radius 1 is 1.32 bits per heavy atom. The van der Waals surface area contributed by atoms with Gasteiger partial charge in [-0.15, -0.1) is 0 Å². The van der Waals surface area contributed by atoms with Crippen LogP contribution in [0, 0.1) is 0 Å². The molecule has 0 radical (unpaired) electrons. The van der Waals surface area contributed by atoms with Crippen molar-refractivity contribution in [2.75, 3.05) is 18.6 Å². The zero-order valence-electron chi connectivity index (χ0n) is 15.0. The predicted molar refractivity (Wildman–Crippen MR) is 97.6 cm³/mol. The van der Waals surface area contributed by atoms with E-state index in [1.807, 2.05) is 19.9 Å². The van der Waals surface area contributed by atoms with Crippen LogP contribution in [0.2, 0.25) is 0 Å². The van der Waals surface area contributed by atoms with Crippen molar-refractivity contribution in [3.63, 3.8) is 0 Å². The molecule has 7 heteroatoms. The normalized spacial score (nSPS) is 22.3. The molecule has 1 aliphatic rings. The van der Waals surface area contributed by atoms with Crippen molar-refractivity contribution in [3.8, 4) is 11.5 Å². The first-order valence-corrected chi connectivity index (χ1v) is 10.00. The Morgan fingerprint density at radius 2 is 2.04 bits per heavy atom. The molecule has 2 rings (SSSR count). The summed E-state index contributed by atoms with van der Waals surface area (Å²) in [6.45, 7) is 5.62. The van der Waals surface area contributed by atoms with Crippen LogP contribution >= 0.6 is 0 Å². The third-order valence-corrected chi connectivity index (χ3v) is 5.81. The van der Waals surface area contributed by atoms with Crippen LogP contribution in [0.4, 0.5) is 0 Å². The van der Waals surface area contributed by atoms with Gasteiger partial charge in [-0.2, -0.15) is 0 Å². The number of carbonyl (C=O) groups is 1. The Balaban J connectivity index is 2.05. The van der Waals surface area contributed by atoms with Crippen molar-refractivity contribution < 1.29 is 22.7 Å². The number of hydrogen-bond acceptors (Lipinski definition) is 5. The van der Waals surface area contributed by atoms with Crippen LogP contribution in [-0.2, 0) is 14.6 Å². The first-order chi connectivity index (χ1) is 11.6. The van der Waals surface area contributed by atoms with Gasteiger partial charge in [-0.05, 0) is 51.0 Å². The molecular formula is C18H25NO5S. The van der Waals surface area contributed by atoms with Gasteiger partial charge in [0.15, 0.2) is 21.3 Å². The highest BCUT2D eigenvalue weighted by molar-refractivity contribution is 7.91. The van der Waals surface area contributed by atoms with E-state index in [9.17, 15) is 13.2 Å². The second kappa shape index (κ2) is 7.47. The van der Waals surface area contributed by atoms with E-state index in [2.05, 4.69) is 5.32 Å². The third kappa shape index (κ3) is 5.49. The maximum absolute atomic E-state index is 12.1.